The summed E-state index contributed by atoms with van der Waals surface area (Å²) in [6.07, 6.45) is 1.70. The number of carbonyl (C=O) groups is 2. The van der Waals surface area contributed by atoms with Gasteiger partial charge in [-0.05, 0) is 48.6 Å². The molecule has 1 aromatic heterocycles. The summed E-state index contributed by atoms with van der Waals surface area (Å²) in [6.45, 7) is 14.0. The highest BCUT2D eigenvalue weighted by atomic mass is 16.5. The molecule has 3 aromatic rings. The van der Waals surface area contributed by atoms with Gasteiger partial charge >= 0.3 is 5.97 Å². The van der Waals surface area contributed by atoms with E-state index in [1.807, 2.05) is 12.1 Å². The second kappa shape index (κ2) is 10.2. The van der Waals surface area contributed by atoms with E-state index in [1.165, 1.54) is 19.4 Å². The highest BCUT2D eigenvalue weighted by Gasteiger charge is 2.29. The van der Waals surface area contributed by atoms with Crippen molar-refractivity contribution in [3.8, 4) is 17.0 Å². The molecular formula is C28H33N3O4. The average molecular weight is 476 g/mol. The van der Waals surface area contributed by atoms with E-state index in [1.54, 1.807) is 41.1 Å². The Balaban J connectivity index is 1.71. The van der Waals surface area contributed by atoms with Crippen LogP contribution in [0, 0.1) is 0 Å². The Labute approximate surface area is 206 Å². The Bertz CT molecular complexity index is 1200. The number of hydrogen-bond donors (Lipinski definition) is 2. The van der Waals surface area contributed by atoms with Gasteiger partial charge in [0.2, 0.25) is 0 Å². The van der Waals surface area contributed by atoms with Crippen LogP contribution in [-0.4, -0.2) is 32.4 Å². The van der Waals surface area contributed by atoms with Crippen molar-refractivity contribution in [1.29, 1.82) is 0 Å². The number of ether oxygens (including phenoxy) is 1. The SMILES string of the molecule is C=CCn1nc(-c2ccc(C(C)(C)C)cc2)cc1C(=O)NCc1ccc(OC(C)(C)C(=O)O)cc1. The smallest absolute Gasteiger partial charge is 0.347 e. The zero-order valence-electron chi connectivity index (χ0n) is 21.0. The molecule has 1 amide bonds. The van der Waals surface area contributed by atoms with Gasteiger partial charge in [-0.1, -0.05) is 63.2 Å². The van der Waals surface area contributed by atoms with Crippen LogP contribution in [-0.2, 0) is 23.3 Å². The number of rotatable bonds is 9. The number of allylic oxidation sites excluding steroid dienone is 1. The first-order chi connectivity index (χ1) is 16.4. The number of aromatic nitrogens is 2. The van der Waals surface area contributed by atoms with Crippen LogP contribution in [0.25, 0.3) is 11.3 Å². The van der Waals surface area contributed by atoms with Gasteiger partial charge in [0.1, 0.15) is 11.4 Å². The lowest BCUT2D eigenvalue weighted by atomic mass is 9.86. The predicted octanol–water partition coefficient (Wildman–Crippen LogP) is 5.21. The maximum Gasteiger partial charge on any atom is 0.347 e. The van der Waals surface area contributed by atoms with Gasteiger partial charge in [-0.25, -0.2) is 4.79 Å². The van der Waals surface area contributed by atoms with Crippen molar-refractivity contribution in [2.24, 2.45) is 0 Å². The monoisotopic (exact) mass is 475 g/mol. The van der Waals surface area contributed by atoms with E-state index in [2.05, 4.69) is 49.9 Å². The number of carboxylic acid groups (broad SMARTS) is 1. The molecule has 0 spiro atoms. The Morgan fingerprint density at radius 1 is 1.06 bits per heavy atom. The summed E-state index contributed by atoms with van der Waals surface area (Å²) < 4.78 is 7.16. The van der Waals surface area contributed by atoms with Crippen LogP contribution < -0.4 is 10.1 Å². The van der Waals surface area contributed by atoms with Gasteiger partial charge in [0.05, 0.1) is 12.2 Å². The van der Waals surface area contributed by atoms with E-state index >= 15 is 0 Å². The third kappa shape index (κ3) is 6.38. The summed E-state index contributed by atoms with van der Waals surface area (Å²) in [7, 11) is 0. The summed E-state index contributed by atoms with van der Waals surface area (Å²) in [5, 5.41) is 16.7. The number of benzene rings is 2. The molecule has 3 rings (SSSR count). The summed E-state index contributed by atoms with van der Waals surface area (Å²) in [5.41, 5.74) is 2.92. The van der Waals surface area contributed by atoms with Crippen LogP contribution in [0.5, 0.6) is 5.75 Å². The van der Waals surface area contributed by atoms with Crippen LogP contribution >= 0.6 is 0 Å². The number of amides is 1. The molecule has 0 saturated carbocycles. The molecule has 0 aliphatic rings. The molecule has 7 nitrogen and oxygen atoms in total. The highest BCUT2D eigenvalue weighted by Crippen LogP contribution is 2.26. The normalized spacial score (nSPS) is 11.7. The number of hydrogen-bond acceptors (Lipinski definition) is 4. The van der Waals surface area contributed by atoms with E-state index in [-0.39, 0.29) is 11.3 Å². The minimum atomic E-state index is -1.33. The molecule has 184 valence electrons. The zero-order chi connectivity index (χ0) is 25.8. The highest BCUT2D eigenvalue weighted by molar-refractivity contribution is 5.93. The van der Waals surface area contributed by atoms with Crippen LogP contribution in [0.1, 0.15) is 56.2 Å². The summed E-state index contributed by atoms with van der Waals surface area (Å²) >= 11 is 0. The first kappa shape index (κ1) is 25.7. The number of carboxylic acids is 1. The van der Waals surface area contributed by atoms with Crippen molar-refractivity contribution in [1.82, 2.24) is 15.1 Å². The number of aliphatic carboxylic acids is 1. The molecule has 0 radical (unpaired) electrons. The third-order valence-corrected chi connectivity index (χ3v) is 5.63. The van der Waals surface area contributed by atoms with E-state index in [0.717, 1.165) is 16.8 Å². The second-order valence-corrected chi connectivity index (χ2v) is 9.96. The van der Waals surface area contributed by atoms with Crippen molar-refractivity contribution < 1.29 is 19.4 Å². The Morgan fingerprint density at radius 2 is 1.69 bits per heavy atom. The van der Waals surface area contributed by atoms with E-state index in [0.29, 0.717) is 24.5 Å². The molecule has 0 aliphatic carbocycles. The third-order valence-electron chi connectivity index (χ3n) is 5.63. The first-order valence-corrected chi connectivity index (χ1v) is 11.5. The number of nitrogens with one attached hydrogen (secondary N) is 1. The standard InChI is InChI=1S/C28H33N3O4/c1-7-16-31-24(17-23(30-31)20-10-12-21(13-11-20)27(2,3)4)25(32)29-18-19-8-14-22(15-9-19)35-28(5,6)26(33)34/h7-15,17H,1,16,18H2,2-6H3,(H,29,32)(H,33,34). The molecule has 35 heavy (non-hydrogen) atoms. The lowest BCUT2D eigenvalue weighted by molar-refractivity contribution is -0.152. The topological polar surface area (TPSA) is 93.5 Å². The van der Waals surface area contributed by atoms with E-state index in [9.17, 15) is 14.7 Å². The minimum Gasteiger partial charge on any atom is -0.478 e. The Morgan fingerprint density at radius 3 is 2.23 bits per heavy atom. The van der Waals surface area contributed by atoms with Gasteiger partial charge in [0.25, 0.3) is 5.91 Å². The minimum absolute atomic E-state index is 0.0581. The van der Waals surface area contributed by atoms with Gasteiger partial charge < -0.3 is 15.2 Å². The molecule has 0 saturated heterocycles. The Kier molecular flexibility index (Phi) is 7.48. The summed E-state index contributed by atoms with van der Waals surface area (Å²) in [5.74, 6) is -0.850. The van der Waals surface area contributed by atoms with Gasteiger partial charge in [0.15, 0.2) is 5.60 Å². The fourth-order valence-corrected chi connectivity index (χ4v) is 3.43. The van der Waals surface area contributed by atoms with Gasteiger partial charge in [-0.3, -0.25) is 9.48 Å². The van der Waals surface area contributed by atoms with Gasteiger partial charge in [-0.15, -0.1) is 6.58 Å². The molecule has 0 bridgehead atoms. The van der Waals surface area contributed by atoms with Crippen molar-refractivity contribution in [2.75, 3.05) is 0 Å². The van der Waals surface area contributed by atoms with Gasteiger partial charge in [-0.2, -0.15) is 5.10 Å². The average Bonchev–Trinajstić information content (AvgIpc) is 3.22. The molecule has 2 aromatic carbocycles. The van der Waals surface area contributed by atoms with Crippen molar-refractivity contribution >= 4 is 11.9 Å². The van der Waals surface area contributed by atoms with E-state index in [4.69, 9.17) is 4.74 Å². The molecule has 2 N–H and O–H groups in total. The van der Waals surface area contributed by atoms with Crippen LogP contribution in [0.3, 0.4) is 0 Å². The quantitative estimate of drug-likeness (QED) is 0.415. The van der Waals surface area contributed by atoms with E-state index < -0.39 is 11.6 Å². The number of nitrogens with zero attached hydrogens (tertiary/aromatic N) is 2. The van der Waals surface area contributed by atoms with Gasteiger partial charge in [0, 0.05) is 12.1 Å². The molecule has 7 heteroatoms. The largest absolute Gasteiger partial charge is 0.478 e. The molecule has 0 atom stereocenters. The summed E-state index contributed by atoms with van der Waals surface area (Å²) in [4.78, 5) is 24.2. The van der Waals surface area contributed by atoms with Crippen molar-refractivity contribution in [3.05, 3.63) is 84.1 Å². The predicted molar refractivity (Wildman–Crippen MR) is 137 cm³/mol. The number of carbonyl (C=O) groups excluding carboxylic acids is 1. The fourth-order valence-electron chi connectivity index (χ4n) is 3.43. The first-order valence-electron chi connectivity index (χ1n) is 11.5. The van der Waals surface area contributed by atoms with Crippen LogP contribution in [0.4, 0.5) is 0 Å². The van der Waals surface area contributed by atoms with Crippen LogP contribution in [0.2, 0.25) is 0 Å². The molecule has 0 fully saturated rings. The maximum atomic E-state index is 13.0. The summed E-state index contributed by atoms with van der Waals surface area (Å²) in [6, 6.07) is 17.0. The van der Waals surface area contributed by atoms with Crippen molar-refractivity contribution in [2.45, 2.75) is 58.7 Å². The van der Waals surface area contributed by atoms with Crippen molar-refractivity contribution in [3.63, 3.8) is 0 Å². The molecular weight excluding hydrogens is 442 g/mol. The molecule has 1 heterocycles. The maximum absolute atomic E-state index is 13.0. The molecule has 0 unspecified atom stereocenters. The second-order valence-electron chi connectivity index (χ2n) is 9.96. The Hall–Kier alpha value is -3.87. The lowest BCUT2D eigenvalue weighted by Gasteiger charge is -2.21. The van der Waals surface area contributed by atoms with Crippen LogP contribution in [0.15, 0.2) is 67.3 Å². The zero-order valence-corrected chi connectivity index (χ0v) is 21.0. The fraction of sp³-hybridized carbons (Fsp3) is 0.321. The lowest BCUT2D eigenvalue weighted by Crippen LogP contribution is -2.37. The molecule has 0 aliphatic heterocycles.